The normalized spacial score (nSPS) is 11.5. The maximum Gasteiger partial charge on any atom is 0.137 e. The van der Waals surface area contributed by atoms with Gasteiger partial charge in [0, 0.05) is 21.6 Å². The van der Waals surface area contributed by atoms with Crippen LogP contribution in [-0.2, 0) is 5.41 Å². The highest BCUT2D eigenvalue weighted by Gasteiger charge is 2.18. The molecule has 0 saturated carbocycles. The molecule has 0 amide bonds. The highest BCUT2D eigenvalue weighted by Crippen LogP contribution is 2.26. The fourth-order valence-electron chi connectivity index (χ4n) is 1.69. The molecule has 0 bridgehead atoms. The van der Waals surface area contributed by atoms with Gasteiger partial charge in [-0.05, 0) is 30.7 Å². The number of benzene rings is 1. The van der Waals surface area contributed by atoms with Crippen LogP contribution < -0.4 is 5.32 Å². The Morgan fingerprint density at radius 2 is 1.85 bits per heavy atom. The van der Waals surface area contributed by atoms with Gasteiger partial charge in [0.05, 0.1) is 0 Å². The van der Waals surface area contributed by atoms with Crippen molar-refractivity contribution in [1.29, 1.82) is 0 Å². The Balaban J connectivity index is 2.33. The van der Waals surface area contributed by atoms with Gasteiger partial charge in [0.1, 0.15) is 16.8 Å². The van der Waals surface area contributed by atoms with E-state index in [-0.39, 0.29) is 5.41 Å². The minimum Gasteiger partial charge on any atom is -0.340 e. The van der Waals surface area contributed by atoms with Crippen molar-refractivity contribution in [2.75, 3.05) is 5.32 Å². The monoisotopic (exact) mass is 353 g/mol. The molecule has 0 atom stereocenters. The van der Waals surface area contributed by atoms with Gasteiger partial charge in [-0.15, -0.1) is 0 Å². The van der Waals surface area contributed by atoms with Gasteiger partial charge in [-0.2, -0.15) is 0 Å². The van der Waals surface area contributed by atoms with Gasteiger partial charge >= 0.3 is 0 Å². The van der Waals surface area contributed by atoms with Gasteiger partial charge in [0.15, 0.2) is 0 Å². The van der Waals surface area contributed by atoms with Crippen molar-refractivity contribution in [1.82, 2.24) is 9.97 Å². The van der Waals surface area contributed by atoms with Crippen molar-refractivity contribution < 1.29 is 0 Å². The number of nitrogens with one attached hydrogen (secondary N) is 1. The van der Waals surface area contributed by atoms with E-state index < -0.39 is 0 Å². The Bertz CT molecular complexity index is 636. The van der Waals surface area contributed by atoms with Crippen LogP contribution in [0.5, 0.6) is 0 Å². The first-order valence-electron chi connectivity index (χ1n) is 6.34. The number of halogens is 2. The fourth-order valence-corrected chi connectivity index (χ4v) is 2.12. The highest BCUT2D eigenvalue weighted by atomic mass is 79.9. The zero-order chi connectivity index (χ0) is 14.9. The number of aromatic nitrogens is 2. The van der Waals surface area contributed by atoms with E-state index in [0.29, 0.717) is 11.0 Å². The molecule has 1 N–H and O–H groups in total. The lowest BCUT2D eigenvalue weighted by atomic mass is 9.96. The maximum absolute atomic E-state index is 6.08. The van der Waals surface area contributed by atoms with E-state index >= 15 is 0 Å². The first kappa shape index (κ1) is 15.3. The predicted molar refractivity (Wildman–Crippen MR) is 87.9 cm³/mol. The van der Waals surface area contributed by atoms with Crippen molar-refractivity contribution in [3.05, 3.63) is 45.3 Å². The van der Waals surface area contributed by atoms with Crippen LogP contribution in [0, 0.1) is 6.92 Å². The molecule has 0 spiro atoms. The molecule has 0 fully saturated rings. The molecule has 1 aromatic heterocycles. The van der Waals surface area contributed by atoms with E-state index in [4.69, 9.17) is 11.6 Å². The average molecular weight is 355 g/mol. The summed E-state index contributed by atoms with van der Waals surface area (Å²) >= 11 is 9.57. The lowest BCUT2D eigenvalue weighted by molar-refractivity contribution is 0.546. The van der Waals surface area contributed by atoms with Gasteiger partial charge in [-0.3, -0.25) is 0 Å². The van der Waals surface area contributed by atoms with E-state index in [1.54, 1.807) is 6.07 Å². The average Bonchev–Trinajstić information content (AvgIpc) is 2.32. The van der Waals surface area contributed by atoms with Crippen molar-refractivity contribution in [3.8, 4) is 0 Å². The van der Waals surface area contributed by atoms with Crippen molar-refractivity contribution in [2.45, 2.75) is 33.1 Å². The second-order valence-electron chi connectivity index (χ2n) is 5.74. The van der Waals surface area contributed by atoms with Gasteiger partial charge in [0.2, 0.25) is 0 Å². The van der Waals surface area contributed by atoms with Crippen LogP contribution in [0.4, 0.5) is 11.5 Å². The summed E-state index contributed by atoms with van der Waals surface area (Å²) in [6.07, 6.45) is 0. The van der Waals surface area contributed by atoms with Crippen LogP contribution in [0.2, 0.25) is 5.15 Å². The largest absolute Gasteiger partial charge is 0.340 e. The fraction of sp³-hybridized carbons (Fsp3) is 0.333. The summed E-state index contributed by atoms with van der Waals surface area (Å²) in [4.78, 5) is 8.82. The van der Waals surface area contributed by atoms with Gasteiger partial charge in [-0.25, -0.2) is 9.97 Å². The number of hydrogen-bond donors (Lipinski definition) is 1. The molecular formula is C15H17BrClN3. The molecule has 3 nitrogen and oxygen atoms in total. The summed E-state index contributed by atoms with van der Waals surface area (Å²) in [5, 5.41) is 3.71. The third-order valence-electron chi connectivity index (χ3n) is 2.80. The third-order valence-corrected chi connectivity index (χ3v) is 3.88. The molecule has 0 aliphatic rings. The lowest BCUT2D eigenvalue weighted by Gasteiger charge is -2.18. The molecule has 5 heteroatoms. The minimum atomic E-state index is -0.142. The van der Waals surface area contributed by atoms with Crippen LogP contribution in [0.25, 0.3) is 0 Å². The molecule has 1 heterocycles. The molecular weight excluding hydrogens is 338 g/mol. The summed E-state index contributed by atoms with van der Waals surface area (Å²) in [5.41, 5.74) is 1.99. The van der Waals surface area contributed by atoms with E-state index in [2.05, 4.69) is 58.1 Å². The molecule has 0 saturated heterocycles. The quantitative estimate of drug-likeness (QED) is 0.749. The van der Waals surface area contributed by atoms with Crippen LogP contribution in [-0.4, -0.2) is 9.97 Å². The first-order valence-corrected chi connectivity index (χ1v) is 7.51. The van der Waals surface area contributed by atoms with Crippen LogP contribution in [0.1, 0.15) is 32.2 Å². The second-order valence-corrected chi connectivity index (χ2v) is 6.98. The summed E-state index contributed by atoms with van der Waals surface area (Å²) in [7, 11) is 0. The van der Waals surface area contributed by atoms with Gasteiger partial charge in [-0.1, -0.05) is 48.3 Å². The third kappa shape index (κ3) is 3.70. The van der Waals surface area contributed by atoms with Crippen LogP contribution in [0.15, 0.2) is 28.7 Å². The van der Waals surface area contributed by atoms with Gasteiger partial charge in [0.25, 0.3) is 0 Å². The molecule has 1 aromatic carbocycles. The molecule has 0 aliphatic heterocycles. The lowest BCUT2D eigenvalue weighted by Crippen LogP contribution is -2.16. The van der Waals surface area contributed by atoms with E-state index in [1.807, 2.05) is 19.1 Å². The Morgan fingerprint density at radius 3 is 2.45 bits per heavy atom. The van der Waals surface area contributed by atoms with Crippen molar-refractivity contribution in [2.24, 2.45) is 0 Å². The topological polar surface area (TPSA) is 37.8 Å². The molecule has 2 aromatic rings. The number of rotatable bonds is 2. The SMILES string of the molecule is Cc1cc(Nc2cc(Cl)nc(C(C)(C)C)n2)ccc1Br. The smallest absolute Gasteiger partial charge is 0.137 e. The van der Waals surface area contributed by atoms with Crippen LogP contribution in [0.3, 0.4) is 0 Å². The minimum absolute atomic E-state index is 0.142. The molecule has 0 radical (unpaired) electrons. The Labute approximate surface area is 132 Å². The Hall–Kier alpha value is -1.13. The highest BCUT2D eigenvalue weighted by molar-refractivity contribution is 9.10. The molecule has 0 aliphatic carbocycles. The number of anilines is 2. The maximum atomic E-state index is 6.08. The number of aryl methyl sites for hydroxylation is 1. The molecule has 2 rings (SSSR count). The standard InChI is InChI=1S/C15H17BrClN3/c1-9-7-10(5-6-11(9)16)18-13-8-12(17)19-14(20-13)15(2,3)4/h5-8H,1-4H3,(H,18,19,20). The first-order chi connectivity index (χ1) is 9.25. The zero-order valence-electron chi connectivity index (χ0n) is 12.0. The van der Waals surface area contributed by atoms with Gasteiger partial charge < -0.3 is 5.32 Å². The summed E-state index contributed by atoms with van der Waals surface area (Å²) < 4.78 is 1.08. The molecule has 20 heavy (non-hydrogen) atoms. The summed E-state index contributed by atoms with van der Waals surface area (Å²) in [6.45, 7) is 8.23. The molecule has 0 unspecified atom stereocenters. The molecule has 106 valence electrons. The number of hydrogen-bond acceptors (Lipinski definition) is 3. The summed E-state index contributed by atoms with van der Waals surface area (Å²) in [5.74, 6) is 1.43. The second kappa shape index (κ2) is 5.70. The van der Waals surface area contributed by atoms with E-state index in [9.17, 15) is 0 Å². The van der Waals surface area contributed by atoms with Crippen molar-refractivity contribution >= 4 is 39.0 Å². The Kier molecular flexibility index (Phi) is 4.35. The summed E-state index contributed by atoms with van der Waals surface area (Å²) in [6, 6.07) is 7.78. The predicted octanol–water partition coefficient (Wildman–Crippen LogP) is 5.24. The van der Waals surface area contributed by atoms with E-state index in [0.717, 1.165) is 21.5 Å². The Morgan fingerprint density at radius 1 is 1.15 bits per heavy atom. The van der Waals surface area contributed by atoms with E-state index in [1.165, 1.54) is 0 Å². The number of nitrogens with zero attached hydrogens (tertiary/aromatic N) is 2. The van der Waals surface area contributed by atoms with Crippen LogP contribution >= 0.6 is 27.5 Å². The zero-order valence-corrected chi connectivity index (χ0v) is 14.3. The van der Waals surface area contributed by atoms with Crippen molar-refractivity contribution in [3.63, 3.8) is 0 Å².